The normalized spacial score (nSPS) is 26.5. The molecule has 0 bridgehead atoms. The predicted molar refractivity (Wildman–Crippen MR) is 58.1 cm³/mol. The van der Waals surface area contributed by atoms with E-state index in [1.807, 2.05) is 0 Å². The molecule has 0 atom stereocenters. The SMILES string of the molecule is CC(C)C1OC(C)(C)C=CC(C)(C)O1. The molecule has 2 nitrogen and oxygen atoms in total. The van der Waals surface area contributed by atoms with E-state index in [0.717, 1.165) is 0 Å². The lowest BCUT2D eigenvalue weighted by Crippen LogP contribution is -2.35. The molecule has 2 heteroatoms. The average Bonchev–Trinajstić information content (AvgIpc) is 2.08. The molecule has 14 heavy (non-hydrogen) atoms. The molecule has 0 aromatic heterocycles. The first-order valence-electron chi connectivity index (χ1n) is 5.28. The molecule has 1 aliphatic rings. The molecule has 0 amide bonds. The summed E-state index contributed by atoms with van der Waals surface area (Å²) in [6, 6.07) is 0. The van der Waals surface area contributed by atoms with Gasteiger partial charge in [-0.1, -0.05) is 26.0 Å². The summed E-state index contributed by atoms with van der Waals surface area (Å²) >= 11 is 0. The fourth-order valence-electron chi connectivity index (χ4n) is 1.37. The number of hydrogen-bond acceptors (Lipinski definition) is 2. The van der Waals surface area contributed by atoms with Crippen LogP contribution in [0.1, 0.15) is 41.5 Å². The minimum absolute atomic E-state index is 0.130. The van der Waals surface area contributed by atoms with E-state index in [9.17, 15) is 0 Å². The quantitative estimate of drug-likeness (QED) is 0.603. The number of ether oxygens (including phenoxy) is 2. The lowest BCUT2D eigenvalue weighted by Gasteiger charge is -2.31. The third-order valence-electron chi connectivity index (χ3n) is 2.27. The van der Waals surface area contributed by atoms with Crippen LogP contribution in [-0.4, -0.2) is 17.5 Å². The van der Waals surface area contributed by atoms with Crippen LogP contribution in [0.5, 0.6) is 0 Å². The van der Waals surface area contributed by atoms with Crippen LogP contribution in [0, 0.1) is 5.92 Å². The van der Waals surface area contributed by atoms with Gasteiger partial charge in [-0.05, 0) is 27.7 Å². The Bertz CT molecular complexity index is 206. The van der Waals surface area contributed by atoms with E-state index >= 15 is 0 Å². The Labute approximate surface area is 87.3 Å². The van der Waals surface area contributed by atoms with Crippen LogP contribution in [0.4, 0.5) is 0 Å². The van der Waals surface area contributed by atoms with Gasteiger partial charge >= 0.3 is 0 Å². The monoisotopic (exact) mass is 198 g/mol. The van der Waals surface area contributed by atoms with Gasteiger partial charge in [0.1, 0.15) is 0 Å². The van der Waals surface area contributed by atoms with Gasteiger partial charge in [0.05, 0.1) is 11.2 Å². The van der Waals surface area contributed by atoms with Gasteiger partial charge in [-0.25, -0.2) is 0 Å². The van der Waals surface area contributed by atoms with Gasteiger partial charge in [0.2, 0.25) is 0 Å². The van der Waals surface area contributed by atoms with Gasteiger partial charge in [0.25, 0.3) is 0 Å². The third kappa shape index (κ3) is 3.10. The largest absolute Gasteiger partial charge is 0.342 e. The van der Waals surface area contributed by atoms with Gasteiger partial charge in [-0.2, -0.15) is 0 Å². The van der Waals surface area contributed by atoms with Crippen LogP contribution in [0.2, 0.25) is 0 Å². The molecule has 0 spiro atoms. The molecule has 0 saturated carbocycles. The third-order valence-corrected chi connectivity index (χ3v) is 2.27. The van der Waals surface area contributed by atoms with E-state index in [0.29, 0.717) is 5.92 Å². The first-order valence-corrected chi connectivity index (χ1v) is 5.28. The van der Waals surface area contributed by atoms with Crippen molar-refractivity contribution in [2.75, 3.05) is 0 Å². The molecule has 0 aliphatic carbocycles. The fraction of sp³-hybridized carbons (Fsp3) is 0.833. The summed E-state index contributed by atoms with van der Waals surface area (Å²) in [7, 11) is 0. The summed E-state index contributed by atoms with van der Waals surface area (Å²) in [5.74, 6) is 0.369. The summed E-state index contributed by atoms with van der Waals surface area (Å²) in [5, 5.41) is 0. The van der Waals surface area contributed by atoms with Gasteiger partial charge in [-0.15, -0.1) is 0 Å². The zero-order valence-corrected chi connectivity index (χ0v) is 10.1. The lowest BCUT2D eigenvalue weighted by atomic mass is 10.0. The van der Waals surface area contributed by atoms with Crippen molar-refractivity contribution in [1.29, 1.82) is 0 Å². The van der Waals surface area contributed by atoms with E-state index in [1.165, 1.54) is 0 Å². The van der Waals surface area contributed by atoms with Crippen LogP contribution < -0.4 is 0 Å². The van der Waals surface area contributed by atoms with E-state index in [1.54, 1.807) is 0 Å². The second kappa shape index (κ2) is 3.67. The van der Waals surface area contributed by atoms with Crippen molar-refractivity contribution in [3.05, 3.63) is 12.2 Å². The van der Waals surface area contributed by atoms with Crippen molar-refractivity contribution in [1.82, 2.24) is 0 Å². The maximum absolute atomic E-state index is 5.89. The molecule has 0 N–H and O–H groups in total. The van der Waals surface area contributed by atoms with Gasteiger partial charge < -0.3 is 9.47 Å². The van der Waals surface area contributed by atoms with Crippen LogP contribution in [0.3, 0.4) is 0 Å². The van der Waals surface area contributed by atoms with Crippen LogP contribution >= 0.6 is 0 Å². The molecule has 1 rings (SSSR count). The second-order valence-electron chi connectivity index (χ2n) is 5.39. The maximum atomic E-state index is 5.89. The van der Waals surface area contributed by atoms with E-state index < -0.39 is 0 Å². The Morgan fingerprint density at radius 3 is 1.57 bits per heavy atom. The number of rotatable bonds is 1. The Morgan fingerprint density at radius 1 is 0.929 bits per heavy atom. The summed E-state index contributed by atoms with van der Waals surface area (Å²) < 4.78 is 11.8. The summed E-state index contributed by atoms with van der Waals surface area (Å²) in [6.45, 7) is 12.5. The molecule has 82 valence electrons. The molecular formula is C12H22O2. The van der Waals surface area contributed by atoms with Crippen molar-refractivity contribution in [3.8, 4) is 0 Å². The second-order valence-corrected chi connectivity index (χ2v) is 5.39. The zero-order chi connectivity index (χ0) is 11.0. The molecular weight excluding hydrogens is 176 g/mol. The van der Waals surface area contributed by atoms with Crippen molar-refractivity contribution >= 4 is 0 Å². The van der Waals surface area contributed by atoms with Crippen LogP contribution in [0.25, 0.3) is 0 Å². The van der Waals surface area contributed by atoms with Gasteiger partial charge in [0.15, 0.2) is 6.29 Å². The van der Waals surface area contributed by atoms with Crippen molar-refractivity contribution < 1.29 is 9.47 Å². The van der Waals surface area contributed by atoms with E-state index in [2.05, 4.69) is 53.7 Å². The summed E-state index contributed by atoms with van der Waals surface area (Å²) in [4.78, 5) is 0. The smallest absolute Gasteiger partial charge is 0.162 e. The highest BCUT2D eigenvalue weighted by molar-refractivity contribution is 5.06. The Hall–Kier alpha value is -0.340. The summed E-state index contributed by atoms with van der Waals surface area (Å²) in [5.41, 5.74) is -0.467. The Morgan fingerprint density at radius 2 is 1.29 bits per heavy atom. The van der Waals surface area contributed by atoms with Crippen LogP contribution in [0.15, 0.2) is 12.2 Å². The molecule has 0 aromatic rings. The lowest BCUT2D eigenvalue weighted by molar-refractivity contribution is -0.230. The Balaban J connectivity index is 2.86. The van der Waals surface area contributed by atoms with E-state index in [4.69, 9.17) is 9.47 Å². The van der Waals surface area contributed by atoms with Crippen molar-refractivity contribution in [3.63, 3.8) is 0 Å². The minimum Gasteiger partial charge on any atom is -0.342 e. The molecule has 1 aliphatic heterocycles. The fourth-order valence-corrected chi connectivity index (χ4v) is 1.37. The first kappa shape index (κ1) is 11.7. The minimum atomic E-state index is -0.233. The highest BCUT2D eigenvalue weighted by Crippen LogP contribution is 2.29. The molecule has 0 saturated heterocycles. The molecule has 0 radical (unpaired) electrons. The zero-order valence-electron chi connectivity index (χ0n) is 10.1. The average molecular weight is 198 g/mol. The highest BCUT2D eigenvalue weighted by atomic mass is 16.7. The first-order chi connectivity index (χ1) is 6.22. The topological polar surface area (TPSA) is 18.5 Å². The van der Waals surface area contributed by atoms with E-state index in [-0.39, 0.29) is 17.5 Å². The number of hydrogen-bond donors (Lipinski definition) is 0. The molecule has 0 aromatic carbocycles. The molecule has 1 heterocycles. The van der Waals surface area contributed by atoms with Gasteiger partial charge in [-0.3, -0.25) is 0 Å². The standard InChI is InChI=1S/C12H22O2/c1-9(2)10-13-11(3,4)7-8-12(5,6)14-10/h7-10H,1-6H3. The molecule has 0 fully saturated rings. The van der Waals surface area contributed by atoms with Crippen molar-refractivity contribution in [2.24, 2.45) is 5.92 Å². The van der Waals surface area contributed by atoms with Gasteiger partial charge in [0, 0.05) is 5.92 Å². The Kier molecular flexibility index (Phi) is 3.07. The highest BCUT2D eigenvalue weighted by Gasteiger charge is 2.32. The summed E-state index contributed by atoms with van der Waals surface area (Å²) in [6.07, 6.45) is 4.03. The molecule has 0 unspecified atom stereocenters. The predicted octanol–water partition coefficient (Wildman–Crippen LogP) is 3.13. The van der Waals surface area contributed by atoms with Crippen molar-refractivity contribution in [2.45, 2.75) is 59.0 Å². The maximum Gasteiger partial charge on any atom is 0.162 e. The van der Waals surface area contributed by atoms with Crippen LogP contribution in [-0.2, 0) is 9.47 Å².